The van der Waals surface area contributed by atoms with Crippen molar-refractivity contribution in [2.75, 3.05) is 31.5 Å². The summed E-state index contributed by atoms with van der Waals surface area (Å²) in [5, 5.41) is 3.02. The minimum absolute atomic E-state index is 0.0563. The fraction of sp³-hybridized carbons (Fsp3) is 0.526. The molecule has 1 spiro atoms. The Bertz CT molecular complexity index is 869. The van der Waals surface area contributed by atoms with Crippen LogP contribution in [0, 0.1) is 0 Å². The molecule has 2 aromatic rings. The van der Waals surface area contributed by atoms with Crippen LogP contribution in [0.4, 0.5) is 5.95 Å². The van der Waals surface area contributed by atoms with Gasteiger partial charge in [-0.2, -0.15) is 0 Å². The predicted molar refractivity (Wildman–Crippen MR) is 103 cm³/mol. The minimum atomic E-state index is -0.429. The van der Waals surface area contributed by atoms with Crippen LogP contribution < -0.4 is 5.32 Å². The van der Waals surface area contributed by atoms with Gasteiger partial charge in [0.2, 0.25) is 11.9 Å². The molecule has 0 bridgehead atoms. The number of fused-ring (bicyclic) bond motifs is 2. The van der Waals surface area contributed by atoms with Crippen LogP contribution in [0.5, 0.6) is 0 Å². The number of imidazole rings is 1. The van der Waals surface area contributed by atoms with E-state index in [4.69, 9.17) is 0 Å². The fourth-order valence-electron chi connectivity index (χ4n) is 4.39. The van der Waals surface area contributed by atoms with Gasteiger partial charge >= 0.3 is 0 Å². The maximum atomic E-state index is 12.9. The monoisotopic (exact) mass is 383 g/mol. The van der Waals surface area contributed by atoms with Crippen molar-refractivity contribution in [3.63, 3.8) is 0 Å². The van der Waals surface area contributed by atoms with Gasteiger partial charge < -0.3 is 20.1 Å². The molecule has 0 radical (unpaired) electrons. The molecule has 0 aliphatic carbocycles. The van der Waals surface area contributed by atoms with Crippen molar-refractivity contribution in [3.8, 4) is 0 Å². The fourth-order valence-corrected chi connectivity index (χ4v) is 4.39. The predicted octanol–water partition coefficient (Wildman–Crippen LogP) is 1.17. The number of hydrogen-bond donors (Lipinski definition) is 2. The molecule has 2 aromatic heterocycles. The normalized spacial score (nSPS) is 18.1. The Hall–Kier alpha value is -2.97. The summed E-state index contributed by atoms with van der Waals surface area (Å²) in [5.74, 6) is 0.494. The lowest BCUT2D eigenvalue weighted by atomic mass is 9.78. The molecule has 0 aromatic carbocycles. The molecule has 0 saturated carbocycles. The second kappa shape index (κ2) is 7.21. The number of hydrogen-bond acceptors (Lipinski definition) is 6. The second-order valence-corrected chi connectivity index (χ2v) is 7.30. The van der Waals surface area contributed by atoms with Crippen molar-refractivity contribution in [2.24, 2.45) is 0 Å². The molecule has 28 heavy (non-hydrogen) atoms. The number of nitrogens with zero attached hydrogens (tertiary/aromatic N) is 5. The lowest BCUT2D eigenvalue weighted by Crippen LogP contribution is -2.58. The molecule has 2 amide bonds. The van der Waals surface area contributed by atoms with Crippen LogP contribution in [0.25, 0.3) is 0 Å². The maximum absolute atomic E-state index is 12.9. The molecule has 0 atom stereocenters. The number of nitrogens with one attached hydrogen (secondary N) is 2. The summed E-state index contributed by atoms with van der Waals surface area (Å²) in [4.78, 5) is 45.1. The van der Waals surface area contributed by atoms with Crippen LogP contribution >= 0.6 is 0 Å². The van der Waals surface area contributed by atoms with Gasteiger partial charge in [-0.1, -0.05) is 0 Å². The summed E-state index contributed by atoms with van der Waals surface area (Å²) in [6.45, 7) is 6.10. The van der Waals surface area contributed by atoms with E-state index in [2.05, 4.69) is 25.3 Å². The van der Waals surface area contributed by atoms with Gasteiger partial charge in [-0.25, -0.2) is 15.0 Å². The summed E-state index contributed by atoms with van der Waals surface area (Å²) < 4.78 is 0. The SMILES string of the molecule is CCNc1ncc(C(=O)N2CCC3(CC2)c2nc[nH]c2CCN3C(C)=O)cn1. The lowest BCUT2D eigenvalue weighted by Gasteiger charge is -2.50. The van der Waals surface area contributed by atoms with Crippen LogP contribution in [0.3, 0.4) is 0 Å². The summed E-state index contributed by atoms with van der Waals surface area (Å²) in [7, 11) is 0. The van der Waals surface area contributed by atoms with E-state index in [1.165, 1.54) is 0 Å². The van der Waals surface area contributed by atoms with Gasteiger partial charge in [-0.05, 0) is 19.8 Å². The molecule has 9 heteroatoms. The molecule has 2 N–H and O–H groups in total. The number of anilines is 1. The van der Waals surface area contributed by atoms with Gasteiger partial charge in [0.25, 0.3) is 5.91 Å². The average Bonchev–Trinajstić information content (AvgIpc) is 3.19. The lowest BCUT2D eigenvalue weighted by molar-refractivity contribution is -0.139. The van der Waals surface area contributed by atoms with Crippen molar-refractivity contribution < 1.29 is 9.59 Å². The van der Waals surface area contributed by atoms with Gasteiger partial charge in [0.1, 0.15) is 0 Å². The number of aromatic nitrogens is 4. The zero-order valence-corrected chi connectivity index (χ0v) is 16.2. The van der Waals surface area contributed by atoms with Gasteiger partial charge in [0.05, 0.1) is 23.1 Å². The van der Waals surface area contributed by atoms with E-state index in [0.29, 0.717) is 44.0 Å². The molecular weight excluding hydrogens is 358 g/mol. The quantitative estimate of drug-likeness (QED) is 0.824. The Kier molecular flexibility index (Phi) is 4.74. The number of carbonyl (C=O) groups is 2. The molecule has 2 aliphatic rings. The van der Waals surface area contributed by atoms with E-state index < -0.39 is 5.54 Å². The van der Waals surface area contributed by atoms with Crippen molar-refractivity contribution in [2.45, 2.75) is 38.6 Å². The number of piperidine rings is 1. The molecule has 4 rings (SSSR count). The summed E-state index contributed by atoms with van der Waals surface area (Å²) in [6.07, 6.45) is 6.96. The van der Waals surface area contributed by atoms with Crippen molar-refractivity contribution in [1.82, 2.24) is 29.7 Å². The van der Waals surface area contributed by atoms with Crippen molar-refractivity contribution in [3.05, 3.63) is 35.7 Å². The third kappa shape index (κ3) is 3.00. The van der Waals surface area contributed by atoms with E-state index in [1.807, 2.05) is 16.7 Å². The highest BCUT2D eigenvalue weighted by Crippen LogP contribution is 2.42. The van der Waals surface area contributed by atoms with Crippen molar-refractivity contribution in [1.29, 1.82) is 0 Å². The number of aromatic amines is 1. The third-order valence-corrected chi connectivity index (χ3v) is 5.75. The van der Waals surface area contributed by atoms with Gasteiger partial charge in [-0.3, -0.25) is 9.59 Å². The summed E-state index contributed by atoms with van der Waals surface area (Å²) in [5.41, 5.74) is 2.11. The highest BCUT2D eigenvalue weighted by molar-refractivity contribution is 5.93. The Morgan fingerprint density at radius 1 is 1.18 bits per heavy atom. The van der Waals surface area contributed by atoms with Crippen molar-refractivity contribution >= 4 is 17.8 Å². The molecular formula is C19H25N7O2. The first-order valence-electron chi connectivity index (χ1n) is 9.71. The smallest absolute Gasteiger partial charge is 0.256 e. The van der Waals surface area contributed by atoms with Gasteiger partial charge in [0.15, 0.2) is 0 Å². The van der Waals surface area contributed by atoms with Gasteiger partial charge in [-0.15, -0.1) is 0 Å². The molecule has 9 nitrogen and oxygen atoms in total. The van der Waals surface area contributed by atoms with Crippen LogP contribution in [0.1, 0.15) is 48.4 Å². The van der Waals surface area contributed by atoms with Crippen LogP contribution in [0.15, 0.2) is 18.7 Å². The Morgan fingerprint density at radius 3 is 2.54 bits per heavy atom. The Balaban J connectivity index is 1.52. The van der Waals surface area contributed by atoms with E-state index >= 15 is 0 Å². The molecule has 4 heterocycles. The third-order valence-electron chi connectivity index (χ3n) is 5.75. The zero-order chi connectivity index (χ0) is 19.7. The number of H-pyrrole nitrogens is 1. The van der Waals surface area contributed by atoms with Crippen LogP contribution in [-0.2, 0) is 16.8 Å². The number of rotatable bonds is 3. The minimum Gasteiger partial charge on any atom is -0.355 e. The maximum Gasteiger partial charge on any atom is 0.256 e. The first-order valence-corrected chi connectivity index (χ1v) is 9.71. The molecule has 1 saturated heterocycles. The van der Waals surface area contributed by atoms with Gasteiger partial charge in [0, 0.05) is 57.6 Å². The molecule has 2 aliphatic heterocycles. The molecule has 0 unspecified atom stereocenters. The first-order chi connectivity index (χ1) is 13.5. The zero-order valence-electron chi connectivity index (χ0n) is 16.2. The Morgan fingerprint density at radius 2 is 1.89 bits per heavy atom. The van der Waals surface area contributed by atoms with E-state index in [1.54, 1.807) is 25.6 Å². The topological polar surface area (TPSA) is 107 Å². The van der Waals surface area contributed by atoms with E-state index in [0.717, 1.165) is 24.4 Å². The highest BCUT2D eigenvalue weighted by atomic mass is 16.2. The first kappa shape index (κ1) is 18.4. The largest absolute Gasteiger partial charge is 0.355 e. The number of amides is 2. The molecule has 148 valence electrons. The summed E-state index contributed by atoms with van der Waals surface area (Å²) in [6, 6.07) is 0. The standard InChI is InChI=1S/C19H25N7O2/c1-3-20-18-21-10-14(11-22-18)17(28)25-8-5-19(6-9-25)16-15(23-12-24-16)4-7-26(19)13(2)27/h10-12H,3-9H2,1-2H3,(H,23,24)(H,20,21,22). The molecule has 1 fully saturated rings. The number of likely N-dealkylation sites (tertiary alicyclic amines) is 1. The Labute approximate surface area is 163 Å². The summed E-state index contributed by atoms with van der Waals surface area (Å²) >= 11 is 0. The van der Waals surface area contributed by atoms with Crippen LogP contribution in [-0.4, -0.2) is 67.7 Å². The van der Waals surface area contributed by atoms with Crippen LogP contribution in [0.2, 0.25) is 0 Å². The number of carbonyl (C=O) groups excluding carboxylic acids is 2. The van der Waals surface area contributed by atoms with E-state index in [9.17, 15) is 9.59 Å². The highest BCUT2D eigenvalue weighted by Gasteiger charge is 2.48. The average molecular weight is 383 g/mol. The second-order valence-electron chi connectivity index (χ2n) is 7.30. The van der Waals surface area contributed by atoms with E-state index in [-0.39, 0.29) is 11.8 Å².